The van der Waals surface area contributed by atoms with Crippen LogP contribution >= 0.6 is 0 Å². The third kappa shape index (κ3) is 3.02. The number of sulfone groups is 1. The lowest BCUT2D eigenvalue weighted by Gasteiger charge is -2.01. The van der Waals surface area contributed by atoms with Gasteiger partial charge in [0.1, 0.15) is 5.82 Å². The van der Waals surface area contributed by atoms with E-state index in [1.165, 1.54) is 6.26 Å². The molecule has 0 aliphatic carbocycles. The quantitative estimate of drug-likeness (QED) is 0.882. The van der Waals surface area contributed by atoms with Crippen LogP contribution in [0.15, 0.2) is 29.2 Å². The minimum absolute atomic E-state index is 0.312. The molecule has 102 valence electrons. The molecular weight excluding hydrogens is 262 g/mol. The van der Waals surface area contributed by atoms with Gasteiger partial charge < -0.3 is 10.7 Å². The van der Waals surface area contributed by atoms with Crippen LogP contribution in [0.4, 0.5) is 0 Å². The van der Waals surface area contributed by atoms with E-state index in [9.17, 15) is 8.42 Å². The van der Waals surface area contributed by atoms with Gasteiger partial charge in [-0.3, -0.25) is 0 Å². The van der Waals surface area contributed by atoms with Crippen LogP contribution in [0.25, 0.3) is 11.3 Å². The van der Waals surface area contributed by atoms with E-state index in [0.717, 1.165) is 22.8 Å². The molecule has 0 bridgehead atoms. The summed E-state index contributed by atoms with van der Waals surface area (Å²) in [6, 6.07) is 6.74. The SMILES string of the molecule is Cc1[nH]c(CCN)nc1-c1ccc(S(C)(=O)=O)cc1. The molecular formula is C13H17N3O2S. The summed E-state index contributed by atoms with van der Waals surface area (Å²) in [5, 5.41) is 0. The van der Waals surface area contributed by atoms with Gasteiger partial charge in [0, 0.05) is 23.9 Å². The lowest BCUT2D eigenvalue weighted by atomic mass is 10.1. The third-order valence-corrected chi connectivity index (χ3v) is 4.00. The smallest absolute Gasteiger partial charge is 0.175 e. The molecule has 5 nitrogen and oxygen atoms in total. The van der Waals surface area contributed by atoms with E-state index in [-0.39, 0.29) is 0 Å². The first kappa shape index (κ1) is 13.8. The van der Waals surface area contributed by atoms with Crippen LogP contribution in [-0.2, 0) is 16.3 Å². The monoisotopic (exact) mass is 279 g/mol. The second kappa shape index (κ2) is 5.14. The molecule has 1 heterocycles. The number of nitrogens with one attached hydrogen (secondary N) is 1. The van der Waals surface area contributed by atoms with Crippen LogP contribution in [0, 0.1) is 6.92 Å². The van der Waals surface area contributed by atoms with Gasteiger partial charge in [-0.15, -0.1) is 0 Å². The summed E-state index contributed by atoms with van der Waals surface area (Å²) in [4.78, 5) is 7.97. The molecule has 1 aromatic carbocycles. The number of nitrogens with zero attached hydrogens (tertiary/aromatic N) is 1. The highest BCUT2D eigenvalue weighted by Crippen LogP contribution is 2.22. The zero-order valence-electron chi connectivity index (χ0n) is 11.0. The number of benzene rings is 1. The van der Waals surface area contributed by atoms with Crippen molar-refractivity contribution in [1.29, 1.82) is 0 Å². The summed E-state index contributed by atoms with van der Waals surface area (Å²) in [7, 11) is -3.16. The van der Waals surface area contributed by atoms with Crippen LogP contribution in [0.3, 0.4) is 0 Å². The maximum absolute atomic E-state index is 11.4. The lowest BCUT2D eigenvalue weighted by Crippen LogP contribution is -2.03. The molecule has 1 aromatic heterocycles. The molecule has 0 atom stereocenters. The van der Waals surface area contributed by atoms with E-state index < -0.39 is 9.84 Å². The predicted molar refractivity (Wildman–Crippen MR) is 74.6 cm³/mol. The van der Waals surface area contributed by atoms with Crippen molar-refractivity contribution in [3.63, 3.8) is 0 Å². The number of hydrogen-bond donors (Lipinski definition) is 2. The Balaban J connectivity index is 2.37. The maximum atomic E-state index is 11.4. The topological polar surface area (TPSA) is 88.8 Å². The number of rotatable bonds is 4. The molecule has 6 heteroatoms. The highest BCUT2D eigenvalue weighted by Gasteiger charge is 2.11. The first-order valence-electron chi connectivity index (χ1n) is 5.98. The number of H-pyrrole nitrogens is 1. The highest BCUT2D eigenvalue weighted by atomic mass is 32.2. The van der Waals surface area contributed by atoms with Crippen molar-refractivity contribution in [2.75, 3.05) is 12.8 Å². The number of aromatic nitrogens is 2. The van der Waals surface area contributed by atoms with Crippen molar-refractivity contribution >= 4 is 9.84 Å². The Hall–Kier alpha value is -1.66. The van der Waals surface area contributed by atoms with Gasteiger partial charge in [-0.05, 0) is 25.6 Å². The Kier molecular flexibility index (Phi) is 3.73. The largest absolute Gasteiger partial charge is 0.346 e. The zero-order valence-corrected chi connectivity index (χ0v) is 11.8. The van der Waals surface area contributed by atoms with Crippen LogP contribution in [-0.4, -0.2) is 31.2 Å². The molecule has 0 spiro atoms. The van der Waals surface area contributed by atoms with Gasteiger partial charge in [-0.25, -0.2) is 13.4 Å². The molecule has 3 N–H and O–H groups in total. The van der Waals surface area contributed by atoms with Crippen molar-refractivity contribution < 1.29 is 8.42 Å². The molecule has 2 rings (SSSR count). The fourth-order valence-electron chi connectivity index (χ4n) is 1.92. The second-order valence-electron chi connectivity index (χ2n) is 4.49. The second-order valence-corrected chi connectivity index (χ2v) is 6.51. The van der Waals surface area contributed by atoms with Gasteiger partial charge >= 0.3 is 0 Å². The van der Waals surface area contributed by atoms with E-state index in [2.05, 4.69) is 9.97 Å². The van der Waals surface area contributed by atoms with E-state index in [1.807, 2.05) is 6.92 Å². The summed E-state index contributed by atoms with van der Waals surface area (Å²) in [6.45, 7) is 2.48. The molecule has 0 aliphatic rings. The van der Waals surface area contributed by atoms with Crippen LogP contribution < -0.4 is 5.73 Å². The van der Waals surface area contributed by atoms with Gasteiger partial charge in [-0.1, -0.05) is 12.1 Å². The number of hydrogen-bond acceptors (Lipinski definition) is 4. The van der Waals surface area contributed by atoms with Crippen molar-refractivity contribution in [3.8, 4) is 11.3 Å². The standard InChI is InChI=1S/C13H17N3O2S/c1-9-13(16-12(15-9)7-8-14)10-3-5-11(6-4-10)19(2,17)18/h3-6H,7-8,14H2,1-2H3,(H,15,16). The van der Waals surface area contributed by atoms with E-state index in [1.54, 1.807) is 24.3 Å². The molecule has 0 saturated heterocycles. The molecule has 0 radical (unpaired) electrons. The Morgan fingerprint density at radius 2 is 1.89 bits per heavy atom. The average Bonchev–Trinajstić information content (AvgIpc) is 2.70. The summed E-state index contributed by atoms with van der Waals surface area (Å²) >= 11 is 0. The summed E-state index contributed by atoms with van der Waals surface area (Å²) in [5.74, 6) is 0.849. The fourth-order valence-corrected chi connectivity index (χ4v) is 2.55. The van der Waals surface area contributed by atoms with E-state index in [4.69, 9.17) is 5.73 Å². The van der Waals surface area contributed by atoms with Gasteiger partial charge in [0.2, 0.25) is 0 Å². The molecule has 19 heavy (non-hydrogen) atoms. The Morgan fingerprint density at radius 3 is 2.42 bits per heavy atom. The zero-order chi connectivity index (χ0) is 14.0. The first-order valence-corrected chi connectivity index (χ1v) is 7.87. The Labute approximate surface area is 112 Å². The minimum Gasteiger partial charge on any atom is -0.346 e. The predicted octanol–water partition coefficient (Wildman–Crippen LogP) is 1.29. The maximum Gasteiger partial charge on any atom is 0.175 e. The summed E-state index contributed by atoms with van der Waals surface area (Å²) in [5.41, 5.74) is 8.18. The van der Waals surface area contributed by atoms with Crippen molar-refractivity contribution in [1.82, 2.24) is 9.97 Å². The lowest BCUT2D eigenvalue weighted by molar-refractivity contribution is 0.602. The van der Waals surface area contributed by atoms with Crippen LogP contribution in [0.2, 0.25) is 0 Å². The summed E-state index contributed by atoms with van der Waals surface area (Å²) < 4.78 is 22.8. The van der Waals surface area contributed by atoms with Crippen molar-refractivity contribution in [3.05, 3.63) is 35.8 Å². The van der Waals surface area contributed by atoms with Gasteiger partial charge in [0.05, 0.1) is 10.6 Å². The van der Waals surface area contributed by atoms with Crippen molar-refractivity contribution in [2.24, 2.45) is 5.73 Å². The van der Waals surface area contributed by atoms with E-state index in [0.29, 0.717) is 17.9 Å². The van der Waals surface area contributed by atoms with E-state index >= 15 is 0 Å². The number of aryl methyl sites for hydroxylation is 1. The fraction of sp³-hybridized carbons (Fsp3) is 0.308. The minimum atomic E-state index is -3.16. The molecule has 0 aliphatic heterocycles. The van der Waals surface area contributed by atoms with Gasteiger partial charge in [0.25, 0.3) is 0 Å². The van der Waals surface area contributed by atoms with Crippen LogP contribution in [0.1, 0.15) is 11.5 Å². The number of imidazole rings is 1. The molecule has 0 saturated carbocycles. The number of aromatic amines is 1. The Morgan fingerprint density at radius 1 is 1.26 bits per heavy atom. The highest BCUT2D eigenvalue weighted by molar-refractivity contribution is 7.90. The molecule has 0 amide bonds. The first-order chi connectivity index (χ1) is 8.91. The summed E-state index contributed by atoms with van der Waals surface area (Å²) in [6.07, 6.45) is 1.89. The molecule has 0 fully saturated rings. The average molecular weight is 279 g/mol. The molecule has 0 unspecified atom stereocenters. The molecule has 2 aromatic rings. The van der Waals surface area contributed by atoms with Gasteiger partial charge in [-0.2, -0.15) is 0 Å². The third-order valence-electron chi connectivity index (χ3n) is 2.87. The Bertz CT molecular complexity index is 672. The normalized spacial score (nSPS) is 11.7. The number of nitrogens with two attached hydrogens (primary N) is 1. The van der Waals surface area contributed by atoms with Crippen LogP contribution in [0.5, 0.6) is 0 Å². The van der Waals surface area contributed by atoms with Crippen molar-refractivity contribution in [2.45, 2.75) is 18.2 Å². The van der Waals surface area contributed by atoms with Gasteiger partial charge in [0.15, 0.2) is 9.84 Å².